The SMILES string of the molecule is CC(CC(=O)Nc1ccc(Cl)cc1)Nc1ccc(Cl)cc1. The Morgan fingerprint density at radius 3 is 1.95 bits per heavy atom. The van der Waals surface area contributed by atoms with Gasteiger partial charge in [-0.25, -0.2) is 0 Å². The number of hydrogen-bond acceptors (Lipinski definition) is 2. The van der Waals surface area contributed by atoms with Gasteiger partial charge in [0, 0.05) is 33.9 Å². The van der Waals surface area contributed by atoms with Gasteiger partial charge in [0.2, 0.25) is 5.91 Å². The fourth-order valence-corrected chi connectivity index (χ4v) is 2.16. The Hall–Kier alpha value is -1.71. The third kappa shape index (κ3) is 5.29. The Kier molecular flexibility index (Phi) is 5.48. The average Bonchev–Trinajstić information content (AvgIpc) is 2.44. The van der Waals surface area contributed by atoms with Crippen LogP contribution in [0.2, 0.25) is 10.0 Å². The summed E-state index contributed by atoms with van der Waals surface area (Å²) in [7, 11) is 0. The molecule has 2 aromatic carbocycles. The van der Waals surface area contributed by atoms with Gasteiger partial charge in [0.25, 0.3) is 0 Å². The van der Waals surface area contributed by atoms with Gasteiger partial charge in [0.15, 0.2) is 0 Å². The van der Waals surface area contributed by atoms with Crippen LogP contribution in [0.25, 0.3) is 0 Å². The van der Waals surface area contributed by atoms with Crippen LogP contribution in [0.15, 0.2) is 48.5 Å². The first kappa shape index (κ1) is 15.7. The molecule has 0 aliphatic rings. The van der Waals surface area contributed by atoms with Crippen molar-refractivity contribution in [2.75, 3.05) is 10.6 Å². The number of carbonyl (C=O) groups excluding carboxylic acids is 1. The van der Waals surface area contributed by atoms with Crippen LogP contribution >= 0.6 is 23.2 Å². The topological polar surface area (TPSA) is 41.1 Å². The summed E-state index contributed by atoms with van der Waals surface area (Å²) in [5, 5.41) is 7.42. The van der Waals surface area contributed by atoms with Gasteiger partial charge in [0.05, 0.1) is 0 Å². The Bertz CT molecular complexity index is 597. The number of carbonyl (C=O) groups is 1. The van der Waals surface area contributed by atoms with E-state index in [-0.39, 0.29) is 11.9 Å². The molecule has 1 amide bonds. The summed E-state index contributed by atoms with van der Waals surface area (Å²) in [6.07, 6.45) is 0.366. The maximum atomic E-state index is 11.9. The monoisotopic (exact) mass is 322 g/mol. The van der Waals surface area contributed by atoms with E-state index in [2.05, 4.69) is 10.6 Å². The third-order valence-corrected chi connectivity index (χ3v) is 3.38. The van der Waals surface area contributed by atoms with Crippen molar-refractivity contribution in [1.29, 1.82) is 0 Å². The average molecular weight is 323 g/mol. The third-order valence-electron chi connectivity index (χ3n) is 2.88. The summed E-state index contributed by atoms with van der Waals surface area (Å²) in [4.78, 5) is 11.9. The van der Waals surface area contributed by atoms with Crippen molar-refractivity contribution < 1.29 is 4.79 Å². The Morgan fingerprint density at radius 2 is 1.43 bits per heavy atom. The van der Waals surface area contributed by atoms with Gasteiger partial charge in [-0.05, 0) is 55.5 Å². The van der Waals surface area contributed by atoms with Crippen LogP contribution in [-0.4, -0.2) is 11.9 Å². The van der Waals surface area contributed by atoms with E-state index in [1.165, 1.54) is 0 Å². The van der Waals surface area contributed by atoms with E-state index >= 15 is 0 Å². The standard InChI is InChI=1S/C16H16Cl2N2O/c1-11(19-14-6-2-12(17)3-7-14)10-16(21)20-15-8-4-13(18)5-9-15/h2-9,11,19H,10H2,1H3,(H,20,21). The predicted octanol–water partition coefficient (Wildman–Crippen LogP) is 4.82. The quantitative estimate of drug-likeness (QED) is 0.828. The molecule has 0 aliphatic carbocycles. The zero-order valence-electron chi connectivity index (χ0n) is 11.6. The van der Waals surface area contributed by atoms with E-state index in [0.717, 1.165) is 11.4 Å². The lowest BCUT2D eigenvalue weighted by molar-refractivity contribution is -0.116. The summed E-state index contributed by atoms with van der Waals surface area (Å²) >= 11 is 11.6. The number of anilines is 2. The summed E-state index contributed by atoms with van der Waals surface area (Å²) in [5.41, 5.74) is 1.68. The molecule has 1 atom stereocenters. The van der Waals surface area contributed by atoms with Crippen molar-refractivity contribution >= 4 is 40.5 Å². The van der Waals surface area contributed by atoms with Gasteiger partial charge in [-0.2, -0.15) is 0 Å². The highest BCUT2D eigenvalue weighted by Gasteiger charge is 2.09. The van der Waals surface area contributed by atoms with Gasteiger partial charge >= 0.3 is 0 Å². The number of benzene rings is 2. The van der Waals surface area contributed by atoms with Gasteiger partial charge in [0.1, 0.15) is 0 Å². The molecule has 0 aliphatic heterocycles. The minimum atomic E-state index is -0.0497. The summed E-state index contributed by atoms with van der Waals surface area (Å²) in [6, 6.07) is 14.4. The second-order valence-corrected chi connectivity index (χ2v) is 5.68. The molecule has 2 N–H and O–H groups in total. The van der Waals surface area contributed by atoms with Gasteiger partial charge in [-0.3, -0.25) is 4.79 Å². The molecule has 0 radical (unpaired) electrons. The second kappa shape index (κ2) is 7.34. The number of amides is 1. The molecule has 2 rings (SSSR count). The molecule has 0 saturated heterocycles. The minimum Gasteiger partial charge on any atom is -0.382 e. The number of nitrogens with one attached hydrogen (secondary N) is 2. The maximum absolute atomic E-state index is 11.9. The second-order valence-electron chi connectivity index (χ2n) is 4.81. The first-order valence-corrected chi connectivity index (χ1v) is 7.36. The van der Waals surface area contributed by atoms with Crippen LogP contribution in [0.1, 0.15) is 13.3 Å². The fraction of sp³-hybridized carbons (Fsp3) is 0.188. The van der Waals surface area contributed by atoms with Crippen LogP contribution in [-0.2, 0) is 4.79 Å². The maximum Gasteiger partial charge on any atom is 0.226 e. The van der Waals surface area contributed by atoms with Crippen molar-refractivity contribution in [3.8, 4) is 0 Å². The number of rotatable bonds is 5. The van der Waals surface area contributed by atoms with Crippen LogP contribution in [0.4, 0.5) is 11.4 Å². The molecule has 2 aromatic rings. The summed E-state index contributed by atoms with van der Waals surface area (Å²) in [5.74, 6) is -0.0497. The van der Waals surface area contributed by atoms with Crippen LogP contribution in [0.3, 0.4) is 0 Å². The molecule has 0 fully saturated rings. The van der Waals surface area contributed by atoms with E-state index in [1.54, 1.807) is 24.3 Å². The lowest BCUT2D eigenvalue weighted by atomic mass is 10.2. The van der Waals surface area contributed by atoms with Crippen molar-refractivity contribution in [2.45, 2.75) is 19.4 Å². The molecular formula is C16H16Cl2N2O. The number of hydrogen-bond donors (Lipinski definition) is 2. The lowest BCUT2D eigenvalue weighted by Crippen LogP contribution is -2.23. The van der Waals surface area contributed by atoms with Gasteiger partial charge in [-0.15, -0.1) is 0 Å². The van der Waals surface area contributed by atoms with Gasteiger partial charge < -0.3 is 10.6 Å². The van der Waals surface area contributed by atoms with Crippen LogP contribution < -0.4 is 10.6 Å². The molecule has 0 aromatic heterocycles. The van der Waals surface area contributed by atoms with Crippen molar-refractivity contribution in [2.24, 2.45) is 0 Å². The summed E-state index contributed by atoms with van der Waals surface area (Å²) < 4.78 is 0. The van der Waals surface area contributed by atoms with Crippen molar-refractivity contribution in [3.05, 3.63) is 58.6 Å². The molecule has 0 saturated carbocycles. The highest BCUT2D eigenvalue weighted by Crippen LogP contribution is 2.16. The van der Waals surface area contributed by atoms with E-state index < -0.39 is 0 Å². The highest BCUT2D eigenvalue weighted by molar-refractivity contribution is 6.30. The Morgan fingerprint density at radius 1 is 0.952 bits per heavy atom. The van der Waals surface area contributed by atoms with E-state index in [0.29, 0.717) is 16.5 Å². The first-order valence-electron chi connectivity index (χ1n) is 6.60. The molecule has 3 nitrogen and oxygen atoms in total. The normalized spacial score (nSPS) is 11.8. The number of halogens is 2. The predicted molar refractivity (Wildman–Crippen MR) is 89.2 cm³/mol. The molecule has 1 unspecified atom stereocenters. The van der Waals surface area contributed by atoms with Crippen LogP contribution in [0, 0.1) is 0 Å². The minimum absolute atomic E-state index is 0.0125. The van der Waals surface area contributed by atoms with Crippen LogP contribution in [0.5, 0.6) is 0 Å². The Balaban J connectivity index is 1.84. The zero-order chi connectivity index (χ0) is 15.2. The molecule has 0 spiro atoms. The van der Waals surface area contributed by atoms with Crippen molar-refractivity contribution in [3.63, 3.8) is 0 Å². The molecule has 110 valence electrons. The van der Waals surface area contributed by atoms with Gasteiger partial charge in [-0.1, -0.05) is 23.2 Å². The largest absolute Gasteiger partial charge is 0.382 e. The first-order chi connectivity index (χ1) is 10.0. The highest BCUT2D eigenvalue weighted by atomic mass is 35.5. The molecule has 0 heterocycles. The van der Waals surface area contributed by atoms with Crippen molar-refractivity contribution in [1.82, 2.24) is 0 Å². The van der Waals surface area contributed by atoms with E-state index in [1.807, 2.05) is 31.2 Å². The molecule has 5 heteroatoms. The molecule has 0 bridgehead atoms. The van der Waals surface area contributed by atoms with E-state index in [4.69, 9.17) is 23.2 Å². The molecular weight excluding hydrogens is 307 g/mol. The van der Waals surface area contributed by atoms with E-state index in [9.17, 15) is 4.79 Å². The smallest absolute Gasteiger partial charge is 0.226 e. The summed E-state index contributed by atoms with van der Waals surface area (Å²) in [6.45, 7) is 1.95. The zero-order valence-corrected chi connectivity index (χ0v) is 13.1. The molecule has 21 heavy (non-hydrogen) atoms. The fourth-order valence-electron chi connectivity index (χ4n) is 1.90. The Labute approximate surface area is 134 Å². The lowest BCUT2D eigenvalue weighted by Gasteiger charge is -2.15.